The highest BCUT2D eigenvalue weighted by atomic mass is 16.5. The zero-order valence-corrected chi connectivity index (χ0v) is 7.78. The highest BCUT2D eigenvalue weighted by Gasteiger charge is 2.22. The monoisotopic (exact) mass is 193 g/mol. The zero-order valence-electron chi connectivity index (χ0n) is 7.78. The summed E-state index contributed by atoms with van der Waals surface area (Å²) in [5.41, 5.74) is 12.8. The van der Waals surface area contributed by atoms with E-state index in [0.29, 0.717) is 22.8 Å². The Balaban J connectivity index is 2.55. The number of nitrogens with two attached hydrogens (primary N) is 2. The normalized spacial score (nSPS) is 14.9. The highest BCUT2D eigenvalue weighted by Crippen LogP contribution is 2.36. The van der Waals surface area contributed by atoms with E-state index in [9.17, 15) is 4.79 Å². The van der Waals surface area contributed by atoms with Gasteiger partial charge in [0.1, 0.15) is 5.75 Å². The van der Waals surface area contributed by atoms with E-state index < -0.39 is 0 Å². The molecule has 1 aromatic rings. The van der Waals surface area contributed by atoms with Crippen molar-refractivity contribution in [1.82, 2.24) is 0 Å². The molecule has 0 unspecified atom stereocenters. The fourth-order valence-corrected chi connectivity index (χ4v) is 1.35. The predicted octanol–water partition coefficient (Wildman–Crippen LogP) is 0.206. The van der Waals surface area contributed by atoms with Crippen molar-refractivity contribution in [2.24, 2.45) is 0 Å². The fourth-order valence-electron chi connectivity index (χ4n) is 1.35. The number of anilines is 3. The van der Waals surface area contributed by atoms with E-state index in [2.05, 4.69) is 0 Å². The maximum absolute atomic E-state index is 11.3. The van der Waals surface area contributed by atoms with Gasteiger partial charge < -0.3 is 21.1 Å². The van der Waals surface area contributed by atoms with Crippen molar-refractivity contribution >= 4 is 23.0 Å². The van der Waals surface area contributed by atoms with Gasteiger partial charge in [-0.1, -0.05) is 0 Å². The van der Waals surface area contributed by atoms with E-state index in [1.54, 1.807) is 19.2 Å². The van der Waals surface area contributed by atoms with E-state index in [4.69, 9.17) is 16.2 Å². The van der Waals surface area contributed by atoms with Gasteiger partial charge in [-0.05, 0) is 6.07 Å². The van der Waals surface area contributed by atoms with Crippen LogP contribution in [0.15, 0.2) is 12.1 Å². The summed E-state index contributed by atoms with van der Waals surface area (Å²) in [5.74, 6) is 0.500. The third-order valence-corrected chi connectivity index (χ3v) is 2.25. The van der Waals surface area contributed by atoms with Gasteiger partial charge in [-0.25, -0.2) is 0 Å². The molecule has 2 rings (SSSR count). The molecule has 0 spiro atoms. The molecule has 0 atom stereocenters. The molecule has 1 aliphatic rings. The number of carbonyl (C=O) groups excluding carboxylic acids is 1. The molecule has 5 nitrogen and oxygen atoms in total. The third-order valence-electron chi connectivity index (χ3n) is 2.25. The molecule has 0 aromatic heterocycles. The van der Waals surface area contributed by atoms with Crippen LogP contribution in [-0.4, -0.2) is 19.6 Å². The lowest BCUT2D eigenvalue weighted by atomic mass is 10.2. The SMILES string of the molecule is CN1C(=O)COc2cc(N)c(N)cc21. The summed E-state index contributed by atoms with van der Waals surface area (Å²) in [6, 6.07) is 3.27. The molecule has 1 heterocycles. The summed E-state index contributed by atoms with van der Waals surface area (Å²) in [7, 11) is 1.68. The lowest BCUT2D eigenvalue weighted by Gasteiger charge is -2.26. The molecule has 1 aromatic carbocycles. The van der Waals surface area contributed by atoms with E-state index in [1.807, 2.05) is 0 Å². The molecule has 4 N–H and O–H groups in total. The Hall–Kier alpha value is -1.91. The lowest BCUT2D eigenvalue weighted by molar-refractivity contribution is -0.120. The molecular weight excluding hydrogens is 182 g/mol. The number of amides is 1. The Labute approximate surface area is 81.2 Å². The standard InChI is InChI=1S/C9H11N3O2/c1-12-7-2-5(10)6(11)3-8(7)14-4-9(12)13/h2-3H,4,10-11H2,1H3. The van der Waals surface area contributed by atoms with Crippen LogP contribution in [0.5, 0.6) is 5.75 Å². The van der Waals surface area contributed by atoms with Crippen LogP contribution in [0.25, 0.3) is 0 Å². The maximum Gasteiger partial charge on any atom is 0.264 e. The minimum Gasteiger partial charge on any atom is -0.481 e. The number of benzene rings is 1. The van der Waals surface area contributed by atoms with Gasteiger partial charge in [0.2, 0.25) is 0 Å². The quantitative estimate of drug-likeness (QED) is 0.577. The number of rotatable bonds is 0. The number of fused-ring (bicyclic) bond motifs is 1. The van der Waals surface area contributed by atoms with Crippen molar-refractivity contribution < 1.29 is 9.53 Å². The number of likely N-dealkylation sites (N-methyl/N-ethyl adjacent to an activating group) is 1. The first-order valence-electron chi connectivity index (χ1n) is 4.18. The van der Waals surface area contributed by atoms with Crippen molar-refractivity contribution in [3.05, 3.63) is 12.1 Å². The number of hydrogen-bond donors (Lipinski definition) is 2. The van der Waals surface area contributed by atoms with E-state index in [1.165, 1.54) is 4.90 Å². The average Bonchev–Trinajstić information content (AvgIpc) is 2.15. The number of hydrogen-bond acceptors (Lipinski definition) is 4. The third kappa shape index (κ3) is 1.14. The highest BCUT2D eigenvalue weighted by molar-refractivity contribution is 5.98. The second kappa shape index (κ2) is 2.80. The molecule has 1 amide bonds. The van der Waals surface area contributed by atoms with Crippen LogP contribution in [0.3, 0.4) is 0 Å². The van der Waals surface area contributed by atoms with Gasteiger partial charge in [-0.2, -0.15) is 0 Å². The van der Waals surface area contributed by atoms with Crippen molar-refractivity contribution in [3.8, 4) is 5.75 Å². The molecule has 0 fully saturated rings. The Kier molecular flexibility index (Phi) is 1.73. The van der Waals surface area contributed by atoms with Gasteiger partial charge in [-0.15, -0.1) is 0 Å². The second-order valence-corrected chi connectivity index (χ2v) is 3.19. The lowest BCUT2D eigenvalue weighted by Crippen LogP contribution is -2.35. The first-order chi connectivity index (χ1) is 6.59. The van der Waals surface area contributed by atoms with Gasteiger partial charge in [-0.3, -0.25) is 4.79 Å². The Morgan fingerprint density at radius 3 is 2.71 bits per heavy atom. The van der Waals surface area contributed by atoms with Gasteiger partial charge in [0.15, 0.2) is 6.61 Å². The van der Waals surface area contributed by atoms with Crippen molar-refractivity contribution in [2.45, 2.75) is 0 Å². The Morgan fingerprint density at radius 2 is 2.00 bits per heavy atom. The van der Waals surface area contributed by atoms with Gasteiger partial charge in [0.05, 0.1) is 17.1 Å². The molecular formula is C9H11N3O2. The van der Waals surface area contributed by atoms with Crippen LogP contribution >= 0.6 is 0 Å². The summed E-state index contributed by atoms with van der Waals surface area (Å²) < 4.78 is 5.22. The number of nitrogens with zero attached hydrogens (tertiary/aromatic N) is 1. The van der Waals surface area contributed by atoms with Crippen molar-refractivity contribution in [2.75, 3.05) is 30.0 Å². The molecule has 0 saturated carbocycles. The smallest absolute Gasteiger partial charge is 0.264 e. The van der Waals surface area contributed by atoms with Crippen molar-refractivity contribution in [3.63, 3.8) is 0 Å². The van der Waals surface area contributed by atoms with Crippen LogP contribution in [-0.2, 0) is 4.79 Å². The molecule has 0 aliphatic carbocycles. The first-order valence-corrected chi connectivity index (χ1v) is 4.18. The fraction of sp³-hybridized carbons (Fsp3) is 0.222. The Bertz CT molecular complexity index is 403. The number of nitrogen functional groups attached to an aromatic ring is 2. The number of ether oxygens (including phenoxy) is 1. The molecule has 0 bridgehead atoms. The first kappa shape index (κ1) is 8.68. The minimum atomic E-state index is -0.0957. The topological polar surface area (TPSA) is 81.6 Å². The van der Waals surface area contributed by atoms with Gasteiger partial charge in [0.25, 0.3) is 5.91 Å². The van der Waals surface area contributed by atoms with Crippen LogP contribution < -0.4 is 21.1 Å². The van der Waals surface area contributed by atoms with Crippen LogP contribution in [0, 0.1) is 0 Å². The predicted molar refractivity (Wildman–Crippen MR) is 54.2 cm³/mol. The van der Waals surface area contributed by atoms with E-state index >= 15 is 0 Å². The molecule has 5 heteroatoms. The maximum atomic E-state index is 11.3. The number of carbonyl (C=O) groups is 1. The van der Waals surface area contributed by atoms with Crippen molar-refractivity contribution in [1.29, 1.82) is 0 Å². The summed E-state index contributed by atoms with van der Waals surface area (Å²) >= 11 is 0. The molecule has 0 radical (unpaired) electrons. The molecule has 1 aliphatic heterocycles. The van der Waals surface area contributed by atoms with Crippen LogP contribution in [0.4, 0.5) is 17.1 Å². The van der Waals surface area contributed by atoms with Crippen LogP contribution in [0.1, 0.15) is 0 Å². The second-order valence-electron chi connectivity index (χ2n) is 3.19. The van der Waals surface area contributed by atoms with Gasteiger partial charge >= 0.3 is 0 Å². The molecule has 0 saturated heterocycles. The zero-order chi connectivity index (χ0) is 10.3. The summed E-state index contributed by atoms with van der Waals surface area (Å²) in [6.45, 7) is 0.0485. The average molecular weight is 193 g/mol. The van der Waals surface area contributed by atoms with E-state index in [0.717, 1.165) is 0 Å². The molecule has 14 heavy (non-hydrogen) atoms. The summed E-state index contributed by atoms with van der Waals surface area (Å²) in [5, 5.41) is 0. The largest absolute Gasteiger partial charge is 0.481 e. The Morgan fingerprint density at radius 1 is 1.36 bits per heavy atom. The molecule has 74 valence electrons. The minimum absolute atomic E-state index is 0.0485. The van der Waals surface area contributed by atoms with Crippen LogP contribution in [0.2, 0.25) is 0 Å². The summed E-state index contributed by atoms with van der Waals surface area (Å²) in [4.78, 5) is 12.8. The van der Waals surface area contributed by atoms with Gasteiger partial charge in [0, 0.05) is 13.1 Å². The van der Waals surface area contributed by atoms with E-state index in [-0.39, 0.29) is 12.5 Å². The summed E-state index contributed by atoms with van der Waals surface area (Å²) in [6.07, 6.45) is 0.